The second-order valence-electron chi connectivity index (χ2n) is 5.53. The molecule has 0 saturated carbocycles. The fraction of sp³-hybridized carbons (Fsp3) is 0.375. The summed E-state index contributed by atoms with van der Waals surface area (Å²) in [5.41, 5.74) is 2.12. The summed E-state index contributed by atoms with van der Waals surface area (Å²) < 4.78 is 1.68. The van der Waals surface area contributed by atoms with Gasteiger partial charge in [0.15, 0.2) is 0 Å². The zero-order valence-corrected chi connectivity index (χ0v) is 13.1. The van der Waals surface area contributed by atoms with E-state index in [1.165, 1.54) is 0 Å². The summed E-state index contributed by atoms with van der Waals surface area (Å²) in [4.78, 5) is 14.4. The van der Waals surface area contributed by atoms with E-state index in [0.29, 0.717) is 22.8 Å². The molecule has 1 saturated heterocycles. The second-order valence-corrected chi connectivity index (χ2v) is 5.96. The first-order chi connectivity index (χ1) is 10.6. The van der Waals surface area contributed by atoms with Crippen molar-refractivity contribution in [1.82, 2.24) is 14.7 Å². The number of hydrogen-bond acceptors (Lipinski definition) is 3. The van der Waals surface area contributed by atoms with Gasteiger partial charge in [0.05, 0.1) is 29.6 Å². The Hall–Kier alpha value is -1.85. The molecule has 1 aromatic heterocycles. The van der Waals surface area contributed by atoms with Crippen LogP contribution in [0.25, 0.3) is 5.69 Å². The van der Waals surface area contributed by atoms with Gasteiger partial charge in [0, 0.05) is 17.8 Å². The minimum absolute atomic E-state index is 0.0100. The van der Waals surface area contributed by atoms with Crippen molar-refractivity contribution in [3.63, 3.8) is 0 Å². The molecule has 6 heteroatoms. The summed E-state index contributed by atoms with van der Waals surface area (Å²) in [5, 5.41) is 14.5. The van der Waals surface area contributed by atoms with Crippen molar-refractivity contribution in [3.05, 3.63) is 46.7 Å². The van der Waals surface area contributed by atoms with Crippen molar-refractivity contribution in [3.8, 4) is 5.69 Å². The lowest BCUT2D eigenvalue weighted by Gasteiger charge is -2.22. The second kappa shape index (κ2) is 6.10. The molecule has 5 nitrogen and oxygen atoms in total. The Morgan fingerprint density at radius 2 is 2.14 bits per heavy atom. The number of aliphatic hydroxyl groups is 1. The predicted molar refractivity (Wildman–Crippen MR) is 84.5 cm³/mol. The van der Waals surface area contributed by atoms with Crippen LogP contribution in [0.3, 0.4) is 0 Å². The molecule has 2 heterocycles. The molecule has 1 atom stereocenters. The molecule has 116 valence electrons. The molecule has 1 aromatic carbocycles. The van der Waals surface area contributed by atoms with Crippen LogP contribution in [0.5, 0.6) is 0 Å². The monoisotopic (exact) mass is 319 g/mol. The number of halogens is 1. The topological polar surface area (TPSA) is 58.4 Å². The summed E-state index contributed by atoms with van der Waals surface area (Å²) in [6.07, 6.45) is 3.53. The highest BCUT2D eigenvalue weighted by Gasteiger charge is 2.30. The van der Waals surface area contributed by atoms with Crippen molar-refractivity contribution in [2.75, 3.05) is 13.2 Å². The highest BCUT2D eigenvalue weighted by Crippen LogP contribution is 2.22. The van der Waals surface area contributed by atoms with E-state index in [1.54, 1.807) is 27.9 Å². The van der Waals surface area contributed by atoms with Gasteiger partial charge in [-0.1, -0.05) is 11.6 Å². The number of nitrogens with zero attached hydrogens (tertiary/aromatic N) is 3. The molecule has 0 bridgehead atoms. The molecule has 22 heavy (non-hydrogen) atoms. The first kappa shape index (κ1) is 15.1. The molecule has 2 aromatic rings. The van der Waals surface area contributed by atoms with Gasteiger partial charge in [-0.25, -0.2) is 4.68 Å². The standard InChI is InChI=1S/C16H18ClN3O2/c1-11-15(16(22)19-8-2-3-14(19)10-21)9-20(18-11)13-6-4-12(17)5-7-13/h4-7,9,14,21H,2-3,8,10H2,1H3/t14-/m1/s1. The zero-order chi connectivity index (χ0) is 15.7. The first-order valence-electron chi connectivity index (χ1n) is 7.34. The number of aliphatic hydroxyl groups excluding tert-OH is 1. The lowest BCUT2D eigenvalue weighted by Crippen LogP contribution is -2.37. The minimum Gasteiger partial charge on any atom is -0.394 e. The van der Waals surface area contributed by atoms with Crippen LogP contribution in [-0.4, -0.2) is 44.9 Å². The largest absolute Gasteiger partial charge is 0.394 e. The lowest BCUT2D eigenvalue weighted by atomic mass is 10.2. The Kier molecular flexibility index (Phi) is 4.18. The van der Waals surface area contributed by atoms with Crippen LogP contribution >= 0.6 is 11.6 Å². The van der Waals surface area contributed by atoms with Gasteiger partial charge in [0.1, 0.15) is 0 Å². The van der Waals surface area contributed by atoms with Gasteiger partial charge in [0.2, 0.25) is 0 Å². The zero-order valence-electron chi connectivity index (χ0n) is 12.4. The van der Waals surface area contributed by atoms with E-state index in [9.17, 15) is 9.90 Å². The first-order valence-corrected chi connectivity index (χ1v) is 7.72. The van der Waals surface area contributed by atoms with Gasteiger partial charge in [0.25, 0.3) is 5.91 Å². The van der Waals surface area contributed by atoms with E-state index in [-0.39, 0.29) is 18.6 Å². The quantitative estimate of drug-likeness (QED) is 0.945. The third-order valence-corrected chi connectivity index (χ3v) is 4.32. The van der Waals surface area contributed by atoms with Gasteiger partial charge in [-0.05, 0) is 44.0 Å². The predicted octanol–water partition coefficient (Wildman–Crippen LogP) is 2.43. The van der Waals surface area contributed by atoms with Gasteiger partial charge in [-0.2, -0.15) is 5.10 Å². The van der Waals surface area contributed by atoms with Crippen molar-refractivity contribution < 1.29 is 9.90 Å². The molecule has 0 aliphatic carbocycles. The normalized spacial score (nSPS) is 18.0. The van der Waals surface area contributed by atoms with E-state index in [0.717, 1.165) is 18.5 Å². The number of carbonyl (C=O) groups excluding carboxylic acids is 1. The number of benzene rings is 1. The van der Waals surface area contributed by atoms with Crippen LogP contribution in [0.1, 0.15) is 28.9 Å². The molecule has 1 amide bonds. The van der Waals surface area contributed by atoms with Crippen molar-refractivity contribution in [2.24, 2.45) is 0 Å². The van der Waals surface area contributed by atoms with E-state index < -0.39 is 0 Å². The Morgan fingerprint density at radius 3 is 2.82 bits per heavy atom. The molecule has 0 spiro atoms. The van der Waals surface area contributed by atoms with Crippen LogP contribution < -0.4 is 0 Å². The van der Waals surface area contributed by atoms with Crippen molar-refractivity contribution in [2.45, 2.75) is 25.8 Å². The highest BCUT2D eigenvalue weighted by molar-refractivity contribution is 6.30. The van der Waals surface area contributed by atoms with Crippen LogP contribution in [-0.2, 0) is 0 Å². The van der Waals surface area contributed by atoms with E-state index >= 15 is 0 Å². The molecule has 0 unspecified atom stereocenters. The fourth-order valence-electron chi connectivity index (χ4n) is 2.84. The molecule has 1 aliphatic rings. The SMILES string of the molecule is Cc1nn(-c2ccc(Cl)cc2)cc1C(=O)N1CCC[C@@H]1CO. The maximum atomic E-state index is 12.7. The maximum Gasteiger partial charge on any atom is 0.257 e. The van der Waals surface area contributed by atoms with Gasteiger partial charge in [-0.15, -0.1) is 0 Å². The van der Waals surface area contributed by atoms with E-state index in [4.69, 9.17) is 11.6 Å². The molecular weight excluding hydrogens is 302 g/mol. The third kappa shape index (κ3) is 2.74. The molecule has 3 rings (SSSR count). The van der Waals surface area contributed by atoms with E-state index in [1.807, 2.05) is 19.1 Å². The summed E-state index contributed by atoms with van der Waals surface area (Å²) in [7, 11) is 0. The average Bonchev–Trinajstić information content (AvgIpc) is 3.13. The number of aryl methyl sites for hydroxylation is 1. The molecular formula is C16H18ClN3O2. The summed E-state index contributed by atoms with van der Waals surface area (Å²) in [6, 6.07) is 7.21. The Labute approximate surface area is 134 Å². The maximum absolute atomic E-state index is 12.7. The third-order valence-electron chi connectivity index (χ3n) is 4.07. The fourth-order valence-corrected chi connectivity index (χ4v) is 2.97. The van der Waals surface area contributed by atoms with Gasteiger partial charge >= 0.3 is 0 Å². The lowest BCUT2D eigenvalue weighted by molar-refractivity contribution is 0.0677. The van der Waals surface area contributed by atoms with Crippen LogP contribution in [0.2, 0.25) is 5.02 Å². The summed E-state index contributed by atoms with van der Waals surface area (Å²) in [5.74, 6) is -0.0609. The van der Waals surface area contributed by atoms with Crippen LogP contribution in [0, 0.1) is 6.92 Å². The van der Waals surface area contributed by atoms with Crippen molar-refractivity contribution >= 4 is 17.5 Å². The summed E-state index contributed by atoms with van der Waals surface area (Å²) >= 11 is 5.89. The number of carbonyl (C=O) groups is 1. The van der Waals surface area contributed by atoms with Crippen molar-refractivity contribution in [1.29, 1.82) is 0 Å². The number of rotatable bonds is 3. The minimum atomic E-state index is -0.0780. The van der Waals surface area contributed by atoms with Crippen LogP contribution in [0.4, 0.5) is 0 Å². The molecule has 1 aliphatic heterocycles. The average molecular weight is 320 g/mol. The number of hydrogen-bond donors (Lipinski definition) is 1. The summed E-state index contributed by atoms with van der Waals surface area (Å²) in [6.45, 7) is 2.52. The molecule has 0 radical (unpaired) electrons. The van der Waals surface area contributed by atoms with Crippen LogP contribution in [0.15, 0.2) is 30.5 Å². The Morgan fingerprint density at radius 1 is 1.41 bits per heavy atom. The molecule has 1 N–H and O–H groups in total. The van der Waals surface area contributed by atoms with Gasteiger partial charge in [-0.3, -0.25) is 4.79 Å². The Balaban J connectivity index is 1.89. The number of likely N-dealkylation sites (tertiary alicyclic amines) is 1. The number of aromatic nitrogens is 2. The number of amides is 1. The smallest absolute Gasteiger partial charge is 0.257 e. The van der Waals surface area contributed by atoms with E-state index in [2.05, 4.69) is 5.10 Å². The molecule has 1 fully saturated rings. The van der Waals surface area contributed by atoms with Gasteiger partial charge < -0.3 is 10.0 Å². The Bertz CT molecular complexity index is 681. The highest BCUT2D eigenvalue weighted by atomic mass is 35.5.